The molecule has 1 saturated heterocycles. The molecule has 1 aliphatic rings. The first-order valence-electron chi connectivity index (χ1n) is 9.47. The summed E-state index contributed by atoms with van der Waals surface area (Å²) in [7, 11) is 0. The Labute approximate surface area is 172 Å². The van der Waals surface area contributed by atoms with Gasteiger partial charge in [0, 0.05) is 22.6 Å². The average molecular weight is 412 g/mol. The summed E-state index contributed by atoms with van der Waals surface area (Å²) < 4.78 is 24.5. The van der Waals surface area contributed by atoms with E-state index < -0.39 is 0 Å². The van der Waals surface area contributed by atoms with Gasteiger partial charge in [0.25, 0.3) is 5.91 Å². The molecule has 7 heteroatoms. The lowest BCUT2D eigenvalue weighted by Gasteiger charge is -2.12. The van der Waals surface area contributed by atoms with Crippen molar-refractivity contribution in [1.82, 2.24) is 4.98 Å². The normalized spacial score (nSPS) is 16.0. The van der Waals surface area contributed by atoms with Crippen LogP contribution in [-0.4, -0.2) is 30.2 Å². The van der Waals surface area contributed by atoms with Crippen molar-refractivity contribution >= 4 is 22.4 Å². The Bertz CT molecular complexity index is 998. The third kappa shape index (κ3) is 4.81. The maximum atomic E-state index is 13.2. The average Bonchev–Trinajstić information content (AvgIpc) is 3.37. The minimum atomic E-state index is -0.295. The van der Waals surface area contributed by atoms with Crippen LogP contribution in [0.4, 0.5) is 9.52 Å². The van der Waals surface area contributed by atoms with Crippen molar-refractivity contribution in [1.29, 1.82) is 0 Å². The van der Waals surface area contributed by atoms with E-state index in [1.165, 1.54) is 23.5 Å². The van der Waals surface area contributed by atoms with Crippen molar-refractivity contribution in [2.45, 2.75) is 25.9 Å². The number of rotatable bonds is 6. The highest BCUT2D eigenvalue weighted by Gasteiger charge is 2.17. The van der Waals surface area contributed by atoms with Crippen LogP contribution < -0.4 is 10.1 Å². The number of halogens is 1. The molecule has 0 spiro atoms. The molecule has 1 N–H and O–H groups in total. The zero-order valence-corrected chi connectivity index (χ0v) is 16.8. The molecule has 0 saturated carbocycles. The Kier molecular flexibility index (Phi) is 5.87. The molecule has 4 rings (SSSR count). The summed E-state index contributed by atoms with van der Waals surface area (Å²) in [6.07, 6.45) is 2.18. The summed E-state index contributed by atoms with van der Waals surface area (Å²) in [4.78, 5) is 18.1. The Hall–Kier alpha value is -2.77. The van der Waals surface area contributed by atoms with E-state index >= 15 is 0 Å². The van der Waals surface area contributed by atoms with E-state index in [0.29, 0.717) is 23.1 Å². The molecule has 1 amide bonds. The van der Waals surface area contributed by atoms with Crippen LogP contribution in [0.15, 0.2) is 48.5 Å². The van der Waals surface area contributed by atoms with E-state index in [2.05, 4.69) is 10.3 Å². The largest absolute Gasteiger partial charge is 0.491 e. The third-order valence-electron chi connectivity index (χ3n) is 4.69. The molecular formula is C22H21FN2O3S. The molecule has 2 heterocycles. The monoisotopic (exact) mass is 412 g/mol. The SMILES string of the molecule is Cc1sc(NC(=O)c2cccc(OCC3CCCO3)c2)nc1-c1ccc(F)cc1. The van der Waals surface area contributed by atoms with Crippen molar-refractivity contribution in [2.75, 3.05) is 18.5 Å². The molecule has 2 aromatic carbocycles. The molecule has 0 bridgehead atoms. The zero-order chi connectivity index (χ0) is 20.2. The lowest BCUT2D eigenvalue weighted by atomic mass is 10.1. The highest BCUT2D eigenvalue weighted by atomic mass is 32.1. The summed E-state index contributed by atoms with van der Waals surface area (Å²) in [5.41, 5.74) is 2.04. The molecule has 150 valence electrons. The van der Waals surface area contributed by atoms with Gasteiger partial charge in [0.05, 0.1) is 11.8 Å². The number of amides is 1. The van der Waals surface area contributed by atoms with Crippen LogP contribution >= 0.6 is 11.3 Å². The number of hydrogen-bond donors (Lipinski definition) is 1. The van der Waals surface area contributed by atoms with E-state index in [4.69, 9.17) is 9.47 Å². The number of carbonyl (C=O) groups excluding carboxylic acids is 1. The predicted octanol–water partition coefficient (Wildman–Crippen LogP) is 5.07. The lowest BCUT2D eigenvalue weighted by molar-refractivity contribution is 0.0679. The first-order valence-corrected chi connectivity index (χ1v) is 10.3. The minimum Gasteiger partial charge on any atom is -0.491 e. The second-order valence-electron chi connectivity index (χ2n) is 6.86. The van der Waals surface area contributed by atoms with Gasteiger partial charge in [-0.2, -0.15) is 0 Å². The molecule has 1 fully saturated rings. The number of carbonyl (C=O) groups is 1. The standard InChI is InChI=1S/C22H21FN2O3S/c1-14-20(15-7-9-17(23)10-8-15)24-22(29-14)25-21(26)16-4-2-5-18(12-16)28-13-19-6-3-11-27-19/h2,4-5,7-10,12,19H,3,6,11,13H2,1H3,(H,24,25,26). The van der Waals surface area contributed by atoms with Gasteiger partial charge in [-0.1, -0.05) is 6.07 Å². The van der Waals surface area contributed by atoms with Crippen molar-refractivity contribution in [2.24, 2.45) is 0 Å². The number of ether oxygens (including phenoxy) is 2. The Morgan fingerprint density at radius 2 is 2.14 bits per heavy atom. The maximum Gasteiger partial charge on any atom is 0.257 e. The van der Waals surface area contributed by atoms with Gasteiger partial charge in [-0.05, 0) is 62.2 Å². The van der Waals surface area contributed by atoms with Gasteiger partial charge in [-0.3, -0.25) is 10.1 Å². The van der Waals surface area contributed by atoms with E-state index in [1.807, 2.05) is 13.0 Å². The summed E-state index contributed by atoms with van der Waals surface area (Å²) >= 11 is 1.38. The topological polar surface area (TPSA) is 60.5 Å². The minimum absolute atomic E-state index is 0.121. The summed E-state index contributed by atoms with van der Waals surface area (Å²) in [6.45, 7) is 3.19. The quantitative estimate of drug-likeness (QED) is 0.614. The number of nitrogens with zero attached hydrogens (tertiary/aromatic N) is 1. The van der Waals surface area contributed by atoms with Crippen LogP contribution in [-0.2, 0) is 4.74 Å². The number of aromatic nitrogens is 1. The molecule has 1 aromatic heterocycles. The third-order valence-corrected chi connectivity index (χ3v) is 5.58. The van der Waals surface area contributed by atoms with Gasteiger partial charge in [-0.25, -0.2) is 9.37 Å². The zero-order valence-electron chi connectivity index (χ0n) is 16.0. The molecule has 1 aliphatic heterocycles. The Morgan fingerprint density at radius 3 is 2.90 bits per heavy atom. The fraction of sp³-hybridized carbons (Fsp3) is 0.273. The molecule has 1 atom stereocenters. The van der Waals surface area contributed by atoms with Gasteiger partial charge in [0.2, 0.25) is 0 Å². The van der Waals surface area contributed by atoms with Gasteiger partial charge >= 0.3 is 0 Å². The number of benzene rings is 2. The molecule has 29 heavy (non-hydrogen) atoms. The van der Waals surface area contributed by atoms with E-state index in [9.17, 15) is 9.18 Å². The van der Waals surface area contributed by atoms with Crippen LogP contribution in [0.1, 0.15) is 28.1 Å². The van der Waals surface area contributed by atoms with Crippen LogP contribution in [0.2, 0.25) is 0 Å². The second-order valence-corrected chi connectivity index (χ2v) is 8.06. The Balaban J connectivity index is 1.43. The van der Waals surface area contributed by atoms with Gasteiger partial charge < -0.3 is 9.47 Å². The summed E-state index contributed by atoms with van der Waals surface area (Å²) in [5, 5.41) is 3.34. The first kappa shape index (κ1) is 19.5. The van der Waals surface area contributed by atoms with Crippen molar-refractivity contribution in [3.63, 3.8) is 0 Å². The predicted molar refractivity (Wildman–Crippen MR) is 111 cm³/mol. The summed E-state index contributed by atoms with van der Waals surface area (Å²) in [6, 6.07) is 13.2. The van der Waals surface area contributed by atoms with Gasteiger partial charge in [0.15, 0.2) is 5.13 Å². The molecule has 3 aromatic rings. The fourth-order valence-corrected chi connectivity index (χ4v) is 4.02. The highest BCUT2D eigenvalue weighted by Crippen LogP contribution is 2.30. The van der Waals surface area contributed by atoms with Gasteiger partial charge in [0.1, 0.15) is 18.2 Å². The van der Waals surface area contributed by atoms with E-state index in [1.54, 1.807) is 30.3 Å². The van der Waals surface area contributed by atoms with Crippen LogP contribution in [0.25, 0.3) is 11.3 Å². The van der Waals surface area contributed by atoms with Gasteiger partial charge in [-0.15, -0.1) is 11.3 Å². The molecule has 5 nitrogen and oxygen atoms in total. The molecular weight excluding hydrogens is 391 g/mol. The highest BCUT2D eigenvalue weighted by molar-refractivity contribution is 7.16. The molecule has 1 unspecified atom stereocenters. The second kappa shape index (κ2) is 8.71. The van der Waals surface area contributed by atoms with E-state index in [-0.39, 0.29) is 17.8 Å². The smallest absolute Gasteiger partial charge is 0.257 e. The van der Waals surface area contributed by atoms with Crippen LogP contribution in [0.3, 0.4) is 0 Å². The van der Waals surface area contributed by atoms with Crippen molar-refractivity contribution < 1.29 is 18.7 Å². The van der Waals surface area contributed by atoms with E-state index in [0.717, 1.165) is 35.6 Å². The Morgan fingerprint density at radius 1 is 1.31 bits per heavy atom. The first-order chi connectivity index (χ1) is 14.1. The van der Waals surface area contributed by atoms with Crippen molar-refractivity contribution in [3.05, 3.63) is 64.8 Å². The summed E-state index contributed by atoms with van der Waals surface area (Å²) in [5.74, 6) is 0.0826. The molecule has 0 radical (unpaired) electrons. The number of thiazole rings is 1. The number of anilines is 1. The number of hydrogen-bond acceptors (Lipinski definition) is 5. The van der Waals surface area contributed by atoms with Crippen LogP contribution in [0.5, 0.6) is 5.75 Å². The number of aryl methyl sites for hydroxylation is 1. The lowest BCUT2D eigenvalue weighted by Crippen LogP contribution is -2.16. The maximum absolute atomic E-state index is 13.2. The van der Waals surface area contributed by atoms with Crippen LogP contribution in [0, 0.1) is 12.7 Å². The fourth-order valence-electron chi connectivity index (χ4n) is 3.19. The molecule has 0 aliphatic carbocycles. The number of nitrogens with one attached hydrogen (secondary N) is 1. The van der Waals surface area contributed by atoms with Crippen molar-refractivity contribution in [3.8, 4) is 17.0 Å².